The average Bonchev–Trinajstić information content (AvgIpc) is 2.31. The van der Waals surface area contributed by atoms with Gasteiger partial charge in [-0.3, -0.25) is 4.79 Å². The predicted molar refractivity (Wildman–Crippen MR) is 72.2 cm³/mol. The van der Waals surface area contributed by atoms with Crippen molar-refractivity contribution in [1.82, 2.24) is 0 Å². The summed E-state index contributed by atoms with van der Waals surface area (Å²) < 4.78 is 31.0. The second-order valence-electron chi connectivity index (χ2n) is 4.85. The van der Waals surface area contributed by atoms with Crippen LogP contribution < -0.4 is 0 Å². The van der Waals surface area contributed by atoms with Crippen LogP contribution in [0, 0.1) is 5.92 Å². The first-order chi connectivity index (χ1) is 8.28. The zero-order valence-electron chi connectivity index (χ0n) is 11.7. The molecule has 0 saturated heterocycles. The molecule has 0 saturated carbocycles. The van der Waals surface area contributed by atoms with E-state index in [9.17, 15) is 13.6 Å². The maximum atomic E-state index is 12.9. The molecule has 0 bridgehead atoms. The second kappa shape index (κ2) is 8.73. The minimum absolute atomic E-state index is 0.107. The van der Waals surface area contributed by atoms with Crippen LogP contribution >= 0.6 is 11.8 Å². The Bertz CT molecular complexity index is 245. The van der Waals surface area contributed by atoms with Crippen molar-refractivity contribution in [2.75, 3.05) is 12.4 Å². The van der Waals surface area contributed by atoms with Gasteiger partial charge in [-0.15, -0.1) is 11.8 Å². The lowest BCUT2D eigenvalue weighted by Gasteiger charge is -2.15. The molecule has 0 amide bonds. The molecule has 0 aromatic carbocycles. The molecular formula is C13H24F2O2S. The molecule has 1 unspecified atom stereocenters. The number of thioether (sulfide) groups is 1. The lowest BCUT2D eigenvalue weighted by atomic mass is 10.1. The zero-order valence-corrected chi connectivity index (χ0v) is 12.5. The number of ether oxygens (including phenoxy) is 1. The van der Waals surface area contributed by atoms with Crippen molar-refractivity contribution in [3.8, 4) is 0 Å². The van der Waals surface area contributed by atoms with Crippen LogP contribution in [0.3, 0.4) is 0 Å². The fourth-order valence-electron chi connectivity index (χ4n) is 1.20. The lowest BCUT2D eigenvalue weighted by Crippen LogP contribution is -2.20. The second-order valence-corrected chi connectivity index (χ2v) is 6.30. The number of hydrogen-bond donors (Lipinski definition) is 0. The largest absolute Gasteiger partial charge is 0.465 e. The van der Waals surface area contributed by atoms with Gasteiger partial charge in [0.15, 0.2) is 0 Å². The molecule has 0 aliphatic heterocycles. The Kier molecular flexibility index (Phi) is 8.57. The number of rotatable bonds is 9. The Hall–Kier alpha value is -0.320. The van der Waals surface area contributed by atoms with Crippen LogP contribution in [0.25, 0.3) is 0 Å². The molecule has 0 fully saturated rings. The summed E-state index contributed by atoms with van der Waals surface area (Å²) in [6.07, 6.45) is 0.196. The molecule has 0 rings (SSSR count). The van der Waals surface area contributed by atoms with E-state index in [2.05, 4.69) is 0 Å². The van der Waals surface area contributed by atoms with Gasteiger partial charge >= 0.3 is 5.97 Å². The van der Waals surface area contributed by atoms with Gasteiger partial charge < -0.3 is 4.74 Å². The van der Waals surface area contributed by atoms with Crippen molar-refractivity contribution in [2.45, 2.75) is 58.1 Å². The first kappa shape index (κ1) is 17.7. The highest BCUT2D eigenvalue weighted by molar-refractivity contribution is 8.00. The number of halogens is 2. The minimum Gasteiger partial charge on any atom is -0.465 e. The number of carbonyl (C=O) groups is 1. The SMILES string of the molecule is CCC(F)(F)CCCSC(C)C(=O)OCC(C)C. The van der Waals surface area contributed by atoms with E-state index in [0.29, 0.717) is 24.7 Å². The molecule has 0 aliphatic rings. The number of hydrogen-bond acceptors (Lipinski definition) is 3. The van der Waals surface area contributed by atoms with Gasteiger partial charge in [-0.25, -0.2) is 8.78 Å². The van der Waals surface area contributed by atoms with Crippen LogP contribution in [0.4, 0.5) is 8.78 Å². The van der Waals surface area contributed by atoms with E-state index >= 15 is 0 Å². The quantitative estimate of drug-likeness (QED) is 0.470. The third-order valence-electron chi connectivity index (χ3n) is 2.46. The highest BCUT2D eigenvalue weighted by Gasteiger charge is 2.25. The maximum absolute atomic E-state index is 12.9. The van der Waals surface area contributed by atoms with E-state index in [1.165, 1.54) is 18.7 Å². The Morgan fingerprint density at radius 2 is 1.94 bits per heavy atom. The van der Waals surface area contributed by atoms with E-state index in [-0.39, 0.29) is 24.1 Å². The summed E-state index contributed by atoms with van der Waals surface area (Å²) >= 11 is 1.38. The van der Waals surface area contributed by atoms with Gasteiger partial charge in [0.05, 0.1) is 11.9 Å². The molecular weight excluding hydrogens is 258 g/mol. The van der Waals surface area contributed by atoms with Crippen molar-refractivity contribution in [3.63, 3.8) is 0 Å². The van der Waals surface area contributed by atoms with E-state index in [1.807, 2.05) is 13.8 Å². The van der Waals surface area contributed by atoms with E-state index in [4.69, 9.17) is 4.74 Å². The van der Waals surface area contributed by atoms with E-state index in [1.54, 1.807) is 6.92 Å². The fraction of sp³-hybridized carbons (Fsp3) is 0.923. The standard InChI is InChI=1S/C13H24F2O2S/c1-5-13(14,15)7-6-8-18-11(4)12(16)17-9-10(2)3/h10-11H,5-9H2,1-4H3. The van der Waals surface area contributed by atoms with Crippen molar-refractivity contribution >= 4 is 17.7 Å². The normalized spacial score (nSPS) is 13.7. The molecule has 0 heterocycles. The van der Waals surface area contributed by atoms with Crippen molar-refractivity contribution in [3.05, 3.63) is 0 Å². The lowest BCUT2D eigenvalue weighted by molar-refractivity contribution is -0.143. The fourth-order valence-corrected chi connectivity index (χ4v) is 2.07. The Morgan fingerprint density at radius 3 is 2.44 bits per heavy atom. The molecule has 0 N–H and O–H groups in total. The summed E-state index contributed by atoms with van der Waals surface area (Å²) in [7, 11) is 0. The maximum Gasteiger partial charge on any atom is 0.318 e. The van der Waals surface area contributed by atoms with Gasteiger partial charge in [-0.05, 0) is 25.0 Å². The topological polar surface area (TPSA) is 26.3 Å². The molecule has 0 aromatic heterocycles. The van der Waals surface area contributed by atoms with E-state index < -0.39 is 5.92 Å². The van der Waals surface area contributed by atoms with Gasteiger partial charge in [-0.1, -0.05) is 20.8 Å². The molecule has 5 heteroatoms. The molecule has 0 radical (unpaired) electrons. The summed E-state index contributed by atoms with van der Waals surface area (Å²) in [4.78, 5) is 11.5. The molecule has 18 heavy (non-hydrogen) atoms. The first-order valence-electron chi connectivity index (χ1n) is 6.44. The third kappa shape index (κ3) is 8.72. The molecule has 1 atom stereocenters. The summed E-state index contributed by atoms with van der Waals surface area (Å²) in [5.41, 5.74) is 0. The third-order valence-corrected chi connectivity index (χ3v) is 3.68. The first-order valence-corrected chi connectivity index (χ1v) is 7.49. The zero-order chi connectivity index (χ0) is 14.2. The Balaban J connectivity index is 3.70. The Morgan fingerprint density at radius 1 is 1.33 bits per heavy atom. The van der Waals surface area contributed by atoms with Crippen LogP contribution in [0.2, 0.25) is 0 Å². The summed E-state index contributed by atoms with van der Waals surface area (Å²) in [6.45, 7) is 7.60. The van der Waals surface area contributed by atoms with Crippen LogP contribution in [0.1, 0.15) is 47.0 Å². The number of alkyl halides is 2. The van der Waals surface area contributed by atoms with Crippen molar-refractivity contribution in [2.24, 2.45) is 5.92 Å². The van der Waals surface area contributed by atoms with Gasteiger partial charge in [0.25, 0.3) is 0 Å². The van der Waals surface area contributed by atoms with E-state index in [0.717, 1.165) is 0 Å². The number of esters is 1. The molecule has 0 aromatic rings. The van der Waals surface area contributed by atoms with Crippen LogP contribution in [0.15, 0.2) is 0 Å². The molecule has 0 spiro atoms. The average molecular weight is 282 g/mol. The summed E-state index contributed by atoms with van der Waals surface area (Å²) in [5.74, 6) is -1.94. The van der Waals surface area contributed by atoms with Crippen molar-refractivity contribution in [1.29, 1.82) is 0 Å². The van der Waals surface area contributed by atoms with Crippen LogP contribution in [-0.2, 0) is 9.53 Å². The predicted octanol–water partition coefficient (Wildman–Crippen LogP) is 4.13. The van der Waals surface area contributed by atoms with Crippen LogP contribution in [0.5, 0.6) is 0 Å². The van der Waals surface area contributed by atoms with Gasteiger partial charge in [0.2, 0.25) is 5.92 Å². The minimum atomic E-state index is -2.57. The highest BCUT2D eigenvalue weighted by atomic mass is 32.2. The summed E-state index contributed by atoms with van der Waals surface area (Å²) in [6, 6.07) is 0. The summed E-state index contributed by atoms with van der Waals surface area (Å²) in [5, 5.41) is -0.279. The monoisotopic (exact) mass is 282 g/mol. The molecule has 0 aliphatic carbocycles. The number of carbonyl (C=O) groups excluding carboxylic acids is 1. The molecule has 108 valence electrons. The smallest absolute Gasteiger partial charge is 0.318 e. The van der Waals surface area contributed by atoms with Crippen molar-refractivity contribution < 1.29 is 18.3 Å². The van der Waals surface area contributed by atoms with Crippen LogP contribution in [-0.4, -0.2) is 29.5 Å². The highest BCUT2D eigenvalue weighted by Crippen LogP contribution is 2.25. The van der Waals surface area contributed by atoms with Gasteiger partial charge in [-0.2, -0.15) is 0 Å². The Labute approximate surface area is 113 Å². The molecule has 2 nitrogen and oxygen atoms in total. The van der Waals surface area contributed by atoms with Gasteiger partial charge in [0.1, 0.15) is 0 Å². The van der Waals surface area contributed by atoms with Gasteiger partial charge in [0, 0.05) is 12.8 Å².